The molecular weight excluding hydrogens is 188 g/mol. The summed E-state index contributed by atoms with van der Waals surface area (Å²) in [4.78, 5) is 13.3. The van der Waals surface area contributed by atoms with Crippen LogP contribution in [0.4, 0.5) is 5.69 Å². The third-order valence-electron chi connectivity index (χ3n) is 2.89. The summed E-state index contributed by atoms with van der Waals surface area (Å²) in [5, 5.41) is 0. The maximum atomic E-state index is 11.4. The van der Waals surface area contributed by atoms with E-state index in [2.05, 4.69) is 0 Å². The molecule has 2 rings (SSSR count). The number of benzene rings is 1. The lowest BCUT2D eigenvalue weighted by Crippen LogP contribution is -2.23. The smallest absolute Gasteiger partial charge is 0.222 e. The molecule has 0 aliphatic carbocycles. The molecule has 15 heavy (non-hydrogen) atoms. The molecule has 80 valence electrons. The molecular formula is C12H16N2O. The molecule has 0 saturated carbocycles. The predicted molar refractivity (Wildman–Crippen MR) is 60.2 cm³/mol. The highest BCUT2D eigenvalue weighted by Crippen LogP contribution is 2.17. The summed E-state index contributed by atoms with van der Waals surface area (Å²) in [5.74, 6) is 0.258. The molecule has 0 radical (unpaired) electrons. The fraction of sp³-hybridized carbons (Fsp3) is 0.417. The summed E-state index contributed by atoms with van der Waals surface area (Å²) >= 11 is 0. The molecule has 1 aliphatic rings. The minimum Gasteiger partial charge on any atom is -0.399 e. The van der Waals surface area contributed by atoms with Crippen LogP contribution in [0.3, 0.4) is 0 Å². The van der Waals surface area contributed by atoms with E-state index in [1.54, 1.807) is 0 Å². The maximum absolute atomic E-state index is 11.4. The number of likely N-dealkylation sites (tertiary alicyclic amines) is 1. The van der Waals surface area contributed by atoms with Gasteiger partial charge in [0.15, 0.2) is 0 Å². The standard InChI is InChI=1S/C12H16N2O/c1-9-4-5-10(7-11(9)13)8-14-6-2-3-12(14)15/h4-5,7H,2-3,6,8,13H2,1H3. The van der Waals surface area contributed by atoms with Gasteiger partial charge in [-0.2, -0.15) is 0 Å². The third kappa shape index (κ3) is 2.12. The molecule has 0 atom stereocenters. The van der Waals surface area contributed by atoms with Gasteiger partial charge >= 0.3 is 0 Å². The molecule has 1 aromatic rings. The zero-order valence-corrected chi connectivity index (χ0v) is 8.99. The summed E-state index contributed by atoms with van der Waals surface area (Å²) in [6, 6.07) is 6.00. The van der Waals surface area contributed by atoms with Crippen LogP contribution in [0.15, 0.2) is 18.2 Å². The largest absolute Gasteiger partial charge is 0.399 e. The van der Waals surface area contributed by atoms with Gasteiger partial charge in [-0.25, -0.2) is 0 Å². The minimum absolute atomic E-state index is 0.258. The van der Waals surface area contributed by atoms with Crippen LogP contribution in [0.2, 0.25) is 0 Å². The van der Waals surface area contributed by atoms with Crippen LogP contribution in [-0.2, 0) is 11.3 Å². The summed E-state index contributed by atoms with van der Waals surface area (Å²) < 4.78 is 0. The Morgan fingerprint density at radius 2 is 2.27 bits per heavy atom. The number of nitrogens with two attached hydrogens (primary N) is 1. The number of amides is 1. The quantitative estimate of drug-likeness (QED) is 0.745. The lowest BCUT2D eigenvalue weighted by atomic mass is 10.1. The number of aryl methyl sites for hydroxylation is 1. The van der Waals surface area contributed by atoms with Crippen molar-refractivity contribution < 1.29 is 4.79 Å². The molecule has 0 bridgehead atoms. The number of rotatable bonds is 2. The summed E-state index contributed by atoms with van der Waals surface area (Å²) in [6.45, 7) is 3.57. The number of nitrogens with zero attached hydrogens (tertiary/aromatic N) is 1. The van der Waals surface area contributed by atoms with Gasteiger partial charge in [-0.15, -0.1) is 0 Å². The van der Waals surface area contributed by atoms with E-state index in [-0.39, 0.29) is 5.91 Å². The number of anilines is 1. The number of carbonyl (C=O) groups excluding carboxylic acids is 1. The molecule has 0 unspecified atom stereocenters. The van der Waals surface area contributed by atoms with Gasteiger partial charge in [0, 0.05) is 25.2 Å². The molecule has 1 aliphatic heterocycles. The van der Waals surface area contributed by atoms with Crippen molar-refractivity contribution in [2.75, 3.05) is 12.3 Å². The Bertz CT molecular complexity index is 387. The number of hydrogen-bond donors (Lipinski definition) is 1. The van der Waals surface area contributed by atoms with E-state index in [1.165, 1.54) is 0 Å². The van der Waals surface area contributed by atoms with Crippen molar-refractivity contribution in [1.82, 2.24) is 4.90 Å². The van der Waals surface area contributed by atoms with E-state index in [0.717, 1.165) is 29.8 Å². The highest BCUT2D eigenvalue weighted by molar-refractivity contribution is 5.78. The molecule has 1 fully saturated rings. The van der Waals surface area contributed by atoms with E-state index in [9.17, 15) is 4.79 Å². The average molecular weight is 204 g/mol. The molecule has 1 heterocycles. The number of carbonyl (C=O) groups is 1. The topological polar surface area (TPSA) is 46.3 Å². The zero-order chi connectivity index (χ0) is 10.8. The van der Waals surface area contributed by atoms with Crippen molar-refractivity contribution in [3.63, 3.8) is 0 Å². The van der Waals surface area contributed by atoms with Crippen molar-refractivity contribution in [3.8, 4) is 0 Å². The Kier molecular flexibility index (Phi) is 2.62. The fourth-order valence-electron chi connectivity index (χ4n) is 1.88. The molecule has 2 N–H and O–H groups in total. The van der Waals surface area contributed by atoms with Gasteiger partial charge < -0.3 is 10.6 Å². The summed E-state index contributed by atoms with van der Waals surface area (Å²) in [6.07, 6.45) is 1.68. The van der Waals surface area contributed by atoms with Crippen molar-refractivity contribution >= 4 is 11.6 Å². The van der Waals surface area contributed by atoms with Crippen LogP contribution < -0.4 is 5.73 Å². The van der Waals surface area contributed by atoms with Crippen LogP contribution >= 0.6 is 0 Å². The highest BCUT2D eigenvalue weighted by atomic mass is 16.2. The van der Waals surface area contributed by atoms with Crippen LogP contribution in [0, 0.1) is 6.92 Å². The molecule has 3 nitrogen and oxygen atoms in total. The number of nitrogen functional groups attached to an aromatic ring is 1. The Morgan fingerprint density at radius 1 is 1.47 bits per heavy atom. The van der Waals surface area contributed by atoms with Crippen LogP contribution in [0.5, 0.6) is 0 Å². The van der Waals surface area contributed by atoms with Crippen molar-refractivity contribution in [3.05, 3.63) is 29.3 Å². The van der Waals surface area contributed by atoms with Crippen molar-refractivity contribution in [2.24, 2.45) is 0 Å². The van der Waals surface area contributed by atoms with Crippen LogP contribution in [0.1, 0.15) is 24.0 Å². The zero-order valence-electron chi connectivity index (χ0n) is 8.99. The van der Waals surface area contributed by atoms with Gasteiger partial charge in [0.1, 0.15) is 0 Å². The highest BCUT2D eigenvalue weighted by Gasteiger charge is 2.19. The lowest BCUT2D eigenvalue weighted by molar-refractivity contribution is -0.128. The number of hydrogen-bond acceptors (Lipinski definition) is 2. The predicted octanol–water partition coefficient (Wildman–Crippen LogP) is 1.70. The van der Waals surface area contributed by atoms with Gasteiger partial charge in [0.25, 0.3) is 0 Å². The normalized spacial score (nSPS) is 16.1. The molecule has 0 aromatic heterocycles. The second-order valence-corrected chi connectivity index (χ2v) is 4.11. The third-order valence-corrected chi connectivity index (χ3v) is 2.89. The van der Waals surface area contributed by atoms with E-state index in [1.807, 2.05) is 30.0 Å². The van der Waals surface area contributed by atoms with E-state index in [4.69, 9.17) is 5.73 Å². The summed E-state index contributed by atoms with van der Waals surface area (Å²) in [5.41, 5.74) is 8.84. The first-order valence-electron chi connectivity index (χ1n) is 5.29. The maximum Gasteiger partial charge on any atom is 0.222 e. The first-order valence-corrected chi connectivity index (χ1v) is 5.29. The van der Waals surface area contributed by atoms with Gasteiger partial charge in [0.05, 0.1) is 0 Å². The van der Waals surface area contributed by atoms with Crippen LogP contribution in [-0.4, -0.2) is 17.4 Å². The Labute approximate surface area is 89.9 Å². The van der Waals surface area contributed by atoms with Gasteiger partial charge in [0.2, 0.25) is 5.91 Å². The summed E-state index contributed by atoms with van der Waals surface area (Å²) in [7, 11) is 0. The molecule has 1 aromatic carbocycles. The van der Waals surface area contributed by atoms with Gasteiger partial charge in [-0.3, -0.25) is 4.79 Å². The minimum atomic E-state index is 0.258. The van der Waals surface area contributed by atoms with E-state index in [0.29, 0.717) is 13.0 Å². The van der Waals surface area contributed by atoms with Crippen molar-refractivity contribution in [1.29, 1.82) is 0 Å². The lowest BCUT2D eigenvalue weighted by Gasteiger charge is -2.16. The molecule has 1 saturated heterocycles. The Hall–Kier alpha value is -1.51. The van der Waals surface area contributed by atoms with E-state index >= 15 is 0 Å². The molecule has 3 heteroatoms. The molecule has 0 spiro atoms. The van der Waals surface area contributed by atoms with Crippen LogP contribution in [0.25, 0.3) is 0 Å². The van der Waals surface area contributed by atoms with E-state index < -0.39 is 0 Å². The van der Waals surface area contributed by atoms with Gasteiger partial charge in [-0.05, 0) is 30.5 Å². The monoisotopic (exact) mass is 204 g/mol. The molecule has 1 amide bonds. The Balaban J connectivity index is 2.10. The fourth-order valence-corrected chi connectivity index (χ4v) is 1.88. The second kappa shape index (κ2) is 3.93. The first-order chi connectivity index (χ1) is 7.16. The van der Waals surface area contributed by atoms with Crippen molar-refractivity contribution in [2.45, 2.75) is 26.3 Å². The average Bonchev–Trinajstić information content (AvgIpc) is 2.59. The van der Waals surface area contributed by atoms with Gasteiger partial charge in [-0.1, -0.05) is 12.1 Å². The SMILES string of the molecule is Cc1ccc(CN2CCCC2=O)cc1N. The first kappa shape index (κ1) is 10.0. The second-order valence-electron chi connectivity index (χ2n) is 4.11. The Morgan fingerprint density at radius 3 is 2.87 bits per heavy atom.